The molecular weight excluding hydrogens is 486 g/mol. The first-order valence-electron chi connectivity index (χ1n) is 14.4. The van der Waals surface area contributed by atoms with Crippen molar-refractivity contribution >= 4 is 5.97 Å². The Bertz CT molecular complexity index is 1110. The molecule has 1 aliphatic heterocycles. The maximum atomic E-state index is 13.5. The highest BCUT2D eigenvalue weighted by atomic mass is 16.6. The summed E-state index contributed by atoms with van der Waals surface area (Å²) in [6.45, 7) is 4.23. The van der Waals surface area contributed by atoms with Crippen LogP contribution in [0.1, 0.15) is 49.4 Å². The minimum Gasteiger partial charge on any atom is -0.497 e. The molecule has 7 unspecified atom stereocenters. The lowest BCUT2D eigenvalue weighted by Crippen LogP contribution is -2.75. The Morgan fingerprint density at radius 1 is 0.974 bits per heavy atom. The van der Waals surface area contributed by atoms with Gasteiger partial charge in [-0.05, 0) is 74.2 Å². The van der Waals surface area contributed by atoms with Crippen molar-refractivity contribution in [3.8, 4) is 5.75 Å². The molecule has 208 valence electrons. The van der Waals surface area contributed by atoms with Gasteiger partial charge in [0.2, 0.25) is 0 Å². The molecule has 1 saturated heterocycles. The fourth-order valence-electron chi connectivity index (χ4n) is 11.0. The van der Waals surface area contributed by atoms with E-state index in [0.717, 1.165) is 32.4 Å². The van der Waals surface area contributed by atoms with Crippen LogP contribution in [0.2, 0.25) is 0 Å². The zero-order valence-electron chi connectivity index (χ0n) is 22.8. The summed E-state index contributed by atoms with van der Waals surface area (Å²) >= 11 is 0. The lowest BCUT2D eigenvalue weighted by Gasteiger charge is -2.67. The van der Waals surface area contributed by atoms with Crippen molar-refractivity contribution in [1.29, 1.82) is 0 Å². The molecule has 0 radical (unpaired) electrons. The lowest BCUT2D eigenvalue weighted by atomic mass is 9.46. The molecule has 0 amide bonds. The predicted molar refractivity (Wildman–Crippen MR) is 138 cm³/mol. The van der Waals surface area contributed by atoms with Gasteiger partial charge < -0.3 is 29.2 Å². The van der Waals surface area contributed by atoms with Gasteiger partial charge >= 0.3 is 5.97 Å². The number of benzene rings is 1. The molecule has 38 heavy (non-hydrogen) atoms. The van der Waals surface area contributed by atoms with Gasteiger partial charge in [0.1, 0.15) is 17.5 Å². The number of aliphatic hydroxyl groups is 2. The SMILES string of the molecule is CCN1CC2CCC(OC)[C@@]34C2CC(C13)[C@@]1(O)C[C@H](OC)[C@@]2(O)CC4C1[C@H]2OC(=O)c1ccc(OC)cc1. The largest absolute Gasteiger partial charge is 0.497 e. The first-order valence-corrected chi connectivity index (χ1v) is 14.4. The number of likely N-dealkylation sites (tertiary alicyclic amines) is 1. The first kappa shape index (κ1) is 25.3. The molecule has 8 nitrogen and oxygen atoms in total. The van der Waals surface area contributed by atoms with Crippen LogP contribution < -0.4 is 4.74 Å². The van der Waals surface area contributed by atoms with E-state index in [2.05, 4.69) is 11.8 Å². The maximum Gasteiger partial charge on any atom is 0.338 e. The minimum absolute atomic E-state index is 0.0249. The number of rotatable bonds is 6. The summed E-state index contributed by atoms with van der Waals surface area (Å²) in [5.41, 5.74) is -2.24. The Hall–Kier alpha value is -1.71. The van der Waals surface area contributed by atoms with Crippen molar-refractivity contribution in [3.05, 3.63) is 29.8 Å². The van der Waals surface area contributed by atoms with Crippen LogP contribution in [0.5, 0.6) is 5.75 Å². The van der Waals surface area contributed by atoms with E-state index in [9.17, 15) is 15.0 Å². The summed E-state index contributed by atoms with van der Waals surface area (Å²) in [4.78, 5) is 16.1. The molecular formula is C30H41NO7. The number of fused-ring (bicyclic) bond motifs is 2. The van der Waals surface area contributed by atoms with E-state index in [4.69, 9.17) is 18.9 Å². The summed E-state index contributed by atoms with van der Waals surface area (Å²) in [5, 5.41) is 25.1. The Morgan fingerprint density at radius 3 is 2.37 bits per heavy atom. The molecule has 8 heteroatoms. The van der Waals surface area contributed by atoms with E-state index >= 15 is 0 Å². The molecule has 5 aliphatic carbocycles. The van der Waals surface area contributed by atoms with Crippen LogP contribution in [0.15, 0.2) is 24.3 Å². The molecule has 7 rings (SSSR count). The Kier molecular flexibility index (Phi) is 5.59. The molecule has 6 aliphatic rings. The zero-order valence-corrected chi connectivity index (χ0v) is 22.8. The number of hydrogen-bond donors (Lipinski definition) is 2. The van der Waals surface area contributed by atoms with Crippen molar-refractivity contribution in [2.24, 2.45) is 35.0 Å². The van der Waals surface area contributed by atoms with E-state index in [1.807, 2.05) is 7.11 Å². The highest BCUT2D eigenvalue weighted by Gasteiger charge is 2.84. The molecule has 12 atom stereocenters. The number of nitrogens with zero attached hydrogens (tertiary/aromatic N) is 1. The quantitative estimate of drug-likeness (QED) is 0.545. The van der Waals surface area contributed by atoms with Gasteiger partial charge in [0.25, 0.3) is 0 Å². The average Bonchev–Trinajstić information content (AvgIpc) is 3.31. The lowest BCUT2D eigenvalue weighted by molar-refractivity contribution is -0.271. The number of methoxy groups -OCH3 is 3. The van der Waals surface area contributed by atoms with Gasteiger partial charge in [-0.25, -0.2) is 4.79 Å². The van der Waals surface area contributed by atoms with Crippen molar-refractivity contribution in [1.82, 2.24) is 4.90 Å². The van der Waals surface area contributed by atoms with Crippen molar-refractivity contribution in [2.75, 3.05) is 34.4 Å². The normalized spacial score (nSPS) is 50.1. The summed E-state index contributed by atoms with van der Waals surface area (Å²) in [7, 11) is 5.01. The van der Waals surface area contributed by atoms with Crippen molar-refractivity contribution in [3.63, 3.8) is 0 Å². The van der Waals surface area contributed by atoms with Crippen LogP contribution in [0.25, 0.3) is 0 Å². The summed E-state index contributed by atoms with van der Waals surface area (Å²) < 4.78 is 23.7. The van der Waals surface area contributed by atoms with E-state index in [1.54, 1.807) is 38.5 Å². The van der Waals surface area contributed by atoms with Gasteiger partial charge in [0, 0.05) is 50.5 Å². The molecule has 1 heterocycles. The molecule has 5 saturated carbocycles. The molecule has 1 spiro atoms. The fourth-order valence-corrected chi connectivity index (χ4v) is 11.0. The van der Waals surface area contributed by atoms with Crippen molar-refractivity contribution in [2.45, 2.75) is 74.6 Å². The number of esters is 1. The predicted octanol–water partition coefficient (Wildman–Crippen LogP) is 2.50. The third-order valence-electron chi connectivity index (χ3n) is 12.1. The second-order valence-corrected chi connectivity index (χ2v) is 12.8. The van der Waals surface area contributed by atoms with Gasteiger partial charge in [0.15, 0.2) is 0 Å². The van der Waals surface area contributed by atoms with Gasteiger partial charge in [0.05, 0.1) is 30.5 Å². The second-order valence-electron chi connectivity index (χ2n) is 12.8. The van der Waals surface area contributed by atoms with Crippen LogP contribution in [0.3, 0.4) is 0 Å². The molecule has 2 N–H and O–H groups in total. The number of carbonyl (C=O) groups excluding carboxylic acids is 1. The fraction of sp³-hybridized carbons (Fsp3) is 0.767. The molecule has 1 aromatic carbocycles. The number of carbonyl (C=O) groups is 1. The first-order chi connectivity index (χ1) is 18.3. The third kappa shape index (κ3) is 2.86. The van der Waals surface area contributed by atoms with Crippen LogP contribution in [0, 0.1) is 35.0 Å². The Labute approximate surface area is 224 Å². The van der Waals surface area contributed by atoms with Gasteiger partial charge in [-0.15, -0.1) is 0 Å². The number of ether oxygens (including phenoxy) is 4. The minimum atomic E-state index is -1.37. The monoisotopic (exact) mass is 527 g/mol. The van der Waals surface area contributed by atoms with E-state index in [1.165, 1.54) is 0 Å². The number of piperidine rings is 1. The van der Waals surface area contributed by atoms with Crippen LogP contribution in [-0.2, 0) is 14.2 Å². The number of hydrogen-bond acceptors (Lipinski definition) is 8. The smallest absolute Gasteiger partial charge is 0.338 e. The van der Waals surface area contributed by atoms with Crippen LogP contribution in [0.4, 0.5) is 0 Å². The van der Waals surface area contributed by atoms with Gasteiger partial charge in [-0.2, -0.15) is 0 Å². The standard InChI is InChI=1S/C30H41NO7/c1-5-31-15-17-8-11-22(36-3)30-19(17)12-20(25(30)31)28(33)14-23(37-4)29(34)13-21(30)24(28)26(29)38-27(32)16-6-9-18(35-2)10-7-16/h6-7,9-10,17,19-26,33-34H,5,8,11-15H2,1-4H3/t17?,19?,20?,21?,22?,23-,24?,25?,26+,28-,29-,30-/m0/s1. The molecule has 0 aromatic heterocycles. The van der Waals surface area contributed by atoms with E-state index in [-0.39, 0.29) is 35.3 Å². The third-order valence-corrected chi connectivity index (χ3v) is 12.1. The maximum absolute atomic E-state index is 13.5. The molecule has 6 fully saturated rings. The van der Waals surface area contributed by atoms with E-state index < -0.39 is 29.4 Å². The molecule has 1 aromatic rings. The van der Waals surface area contributed by atoms with Crippen molar-refractivity contribution < 1.29 is 34.0 Å². The second kappa shape index (κ2) is 8.40. The van der Waals surface area contributed by atoms with E-state index in [0.29, 0.717) is 36.0 Å². The highest BCUT2D eigenvalue weighted by molar-refractivity contribution is 5.89. The summed E-state index contributed by atoms with van der Waals surface area (Å²) in [6.07, 6.45) is 2.50. The zero-order chi connectivity index (χ0) is 26.6. The summed E-state index contributed by atoms with van der Waals surface area (Å²) in [6, 6.07) is 7.01. The topological polar surface area (TPSA) is 97.7 Å². The highest BCUT2D eigenvalue weighted by Crippen LogP contribution is 2.77. The van der Waals surface area contributed by atoms with Crippen LogP contribution >= 0.6 is 0 Å². The van der Waals surface area contributed by atoms with Gasteiger partial charge in [-0.1, -0.05) is 6.92 Å². The Balaban J connectivity index is 1.35. The Morgan fingerprint density at radius 2 is 1.71 bits per heavy atom. The van der Waals surface area contributed by atoms with Gasteiger partial charge in [-0.3, -0.25) is 4.90 Å². The average molecular weight is 528 g/mol. The van der Waals surface area contributed by atoms with Crippen LogP contribution in [-0.4, -0.2) is 91.1 Å². The molecule has 7 bridgehead atoms. The summed E-state index contributed by atoms with van der Waals surface area (Å²) in [5.74, 6) is 0.810.